The molecule has 2 heterocycles. The monoisotopic (exact) mass is 397 g/mol. The van der Waals surface area contributed by atoms with Crippen molar-refractivity contribution in [3.05, 3.63) is 114 Å². The number of allylic oxidation sites excluding steroid dienone is 1. The summed E-state index contributed by atoms with van der Waals surface area (Å²) in [5.41, 5.74) is 9.41. The van der Waals surface area contributed by atoms with Crippen LogP contribution >= 0.6 is 0 Å². The summed E-state index contributed by atoms with van der Waals surface area (Å²) in [6.45, 7) is 7.05. The Labute approximate surface area is 178 Å². The van der Waals surface area contributed by atoms with Gasteiger partial charge < -0.3 is 15.8 Å². The molecule has 0 bridgehead atoms. The van der Waals surface area contributed by atoms with Gasteiger partial charge in [-0.05, 0) is 49.2 Å². The predicted octanol–water partition coefficient (Wildman–Crippen LogP) is 5.27. The van der Waals surface area contributed by atoms with Crippen molar-refractivity contribution in [2.45, 2.75) is 24.7 Å². The zero-order chi connectivity index (χ0) is 21.0. The van der Waals surface area contributed by atoms with E-state index in [4.69, 9.17) is 10.5 Å². The fourth-order valence-corrected chi connectivity index (χ4v) is 4.09. The molecular weight excluding hydrogens is 370 g/mol. The molecule has 2 aromatic carbocycles. The minimum absolute atomic E-state index is 0.0569. The minimum Gasteiger partial charge on any atom is -0.457 e. The van der Waals surface area contributed by atoms with E-state index >= 15 is 0 Å². The van der Waals surface area contributed by atoms with Gasteiger partial charge in [0, 0.05) is 24.2 Å². The lowest BCUT2D eigenvalue weighted by atomic mass is 9.75. The van der Waals surface area contributed by atoms with Crippen LogP contribution in [0, 0.1) is 0 Å². The summed E-state index contributed by atoms with van der Waals surface area (Å²) in [4.78, 5) is 4.62. The van der Waals surface area contributed by atoms with Crippen molar-refractivity contribution in [3.8, 4) is 11.5 Å². The van der Waals surface area contributed by atoms with Crippen LogP contribution in [0.2, 0.25) is 0 Å². The number of pyridine rings is 1. The Bertz CT molecular complexity index is 1050. The maximum absolute atomic E-state index is 6.41. The third kappa shape index (κ3) is 3.81. The molecule has 0 radical (unpaired) electrons. The quantitative estimate of drug-likeness (QED) is 0.534. The van der Waals surface area contributed by atoms with E-state index < -0.39 is 0 Å². The van der Waals surface area contributed by atoms with Crippen LogP contribution in [-0.4, -0.2) is 11.5 Å². The number of nitrogens with zero attached hydrogens (tertiary/aromatic N) is 1. The molecule has 0 spiro atoms. The molecule has 4 nitrogen and oxygen atoms in total. The van der Waals surface area contributed by atoms with Gasteiger partial charge in [-0.2, -0.15) is 0 Å². The highest BCUT2D eigenvalue weighted by Crippen LogP contribution is 2.42. The van der Waals surface area contributed by atoms with Crippen LogP contribution in [0.5, 0.6) is 11.5 Å². The third-order valence-corrected chi connectivity index (χ3v) is 5.85. The van der Waals surface area contributed by atoms with E-state index in [0.29, 0.717) is 0 Å². The molecule has 3 N–H and O–H groups in total. The number of aromatic nitrogens is 1. The van der Waals surface area contributed by atoms with E-state index in [-0.39, 0.29) is 11.3 Å². The second kappa shape index (κ2) is 8.46. The second-order valence-corrected chi connectivity index (χ2v) is 7.79. The van der Waals surface area contributed by atoms with Gasteiger partial charge in [0.25, 0.3) is 0 Å². The van der Waals surface area contributed by atoms with E-state index in [9.17, 15) is 0 Å². The lowest BCUT2D eigenvalue weighted by Gasteiger charge is -2.28. The first kappa shape index (κ1) is 19.8. The lowest BCUT2D eigenvalue weighted by Crippen LogP contribution is -2.30. The van der Waals surface area contributed by atoms with Gasteiger partial charge in [-0.3, -0.25) is 4.98 Å². The molecule has 1 aliphatic rings. The topological polar surface area (TPSA) is 60.2 Å². The molecule has 0 saturated carbocycles. The number of rotatable bonds is 7. The zero-order valence-corrected chi connectivity index (χ0v) is 17.2. The van der Waals surface area contributed by atoms with Gasteiger partial charge in [0.2, 0.25) is 0 Å². The summed E-state index contributed by atoms with van der Waals surface area (Å²) in [6.07, 6.45) is 4.55. The number of nitrogens with two attached hydrogens (primary N) is 1. The SMILES string of the molecule is C=CC(CC1=C(N)NCC1(C)c1ccccn1)c1ccccc1Oc1ccccc1. The molecule has 0 amide bonds. The Morgan fingerprint density at radius 1 is 1.10 bits per heavy atom. The molecule has 1 aromatic heterocycles. The van der Waals surface area contributed by atoms with Crippen molar-refractivity contribution in [3.63, 3.8) is 0 Å². The van der Waals surface area contributed by atoms with Gasteiger partial charge in [0.1, 0.15) is 11.5 Å². The highest BCUT2D eigenvalue weighted by atomic mass is 16.5. The Morgan fingerprint density at radius 2 is 1.83 bits per heavy atom. The number of para-hydroxylation sites is 2. The van der Waals surface area contributed by atoms with Gasteiger partial charge in [0.15, 0.2) is 0 Å². The molecule has 0 aliphatic carbocycles. The highest BCUT2D eigenvalue weighted by molar-refractivity contribution is 5.45. The Hall–Kier alpha value is -3.53. The summed E-state index contributed by atoms with van der Waals surface area (Å²) in [5, 5.41) is 3.35. The van der Waals surface area contributed by atoms with Gasteiger partial charge in [-0.1, -0.05) is 48.5 Å². The molecule has 30 heavy (non-hydrogen) atoms. The first-order chi connectivity index (χ1) is 14.6. The molecule has 3 aromatic rings. The van der Waals surface area contributed by atoms with Crippen molar-refractivity contribution < 1.29 is 4.74 Å². The van der Waals surface area contributed by atoms with Crippen molar-refractivity contribution in [2.24, 2.45) is 5.73 Å². The van der Waals surface area contributed by atoms with Crippen LogP contribution in [0.1, 0.15) is 30.5 Å². The van der Waals surface area contributed by atoms with Crippen molar-refractivity contribution >= 4 is 0 Å². The zero-order valence-electron chi connectivity index (χ0n) is 17.2. The van der Waals surface area contributed by atoms with E-state index in [1.165, 1.54) is 0 Å². The number of benzene rings is 2. The van der Waals surface area contributed by atoms with Crippen molar-refractivity contribution in [1.29, 1.82) is 0 Å². The number of hydrogen-bond donors (Lipinski definition) is 2. The predicted molar refractivity (Wildman–Crippen MR) is 121 cm³/mol. The molecule has 152 valence electrons. The molecular formula is C26H27N3O. The second-order valence-electron chi connectivity index (χ2n) is 7.79. The van der Waals surface area contributed by atoms with E-state index in [2.05, 4.69) is 35.9 Å². The maximum Gasteiger partial charge on any atom is 0.131 e. The number of ether oxygens (including phenoxy) is 1. The smallest absolute Gasteiger partial charge is 0.131 e. The van der Waals surface area contributed by atoms with Crippen LogP contribution in [0.25, 0.3) is 0 Å². The van der Waals surface area contributed by atoms with Crippen LogP contribution in [0.15, 0.2) is 103 Å². The summed E-state index contributed by atoms with van der Waals surface area (Å²) < 4.78 is 6.20. The maximum atomic E-state index is 6.41. The molecule has 0 saturated heterocycles. The first-order valence-electron chi connectivity index (χ1n) is 10.2. The lowest BCUT2D eigenvalue weighted by molar-refractivity contribution is 0.471. The Morgan fingerprint density at radius 3 is 2.57 bits per heavy atom. The molecule has 2 unspecified atom stereocenters. The average molecular weight is 398 g/mol. The van der Waals surface area contributed by atoms with Crippen LogP contribution in [0.4, 0.5) is 0 Å². The largest absolute Gasteiger partial charge is 0.457 e. The van der Waals surface area contributed by atoms with E-state index in [1.807, 2.05) is 72.9 Å². The summed E-state index contributed by atoms with van der Waals surface area (Å²) in [5.74, 6) is 2.43. The average Bonchev–Trinajstić information content (AvgIpc) is 3.08. The van der Waals surface area contributed by atoms with Crippen LogP contribution in [-0.2, 0) is 5.41 Å². The van der Waals surface area contributed by atoms with Crippen molar-refractivity contribution in [1.82, 2.24) is 10.3 Å². The van der Waals surface area contributed by atoms with Crippen LogP contribution in [0.3, 0.4) is 0 Å². The summed E-state index contributed by atoms with van der Waals surface area (Å²) in [6, 6.07) is 24.0. The van der Waals surface area contributed by atoms with Gasteiger partial charge in [-0.25, -0.2) is 0 Å². The first-order valence-corrected chi connectivity index (χ1v) is 10.2. The molecule has 4 heteroatoms. The number of hydrogen-bond acceptors (Lipinski definition) is 4. The highest BCUT2D eigenvalue weighted by Gasteiger charge is 2.39. The molecule has 2 atom stereocenters. The fourth-order valence-electron chi connectivity index (χ4n) is 4.09. The molecule has 4 rings (SSSR count). The normalized spacial score (nSPS) is 19.2. The van der Waals surface area contributed by atoms with Gasteiger partial charge in [-0.15, -0.1) is 6.58 Å². The standard InChI is InChI=1S/C26H27N3O/c1-3-19(21-13-7-8-14-23(21)30-20-11-5-4-6-12-20)17-22-25(27)29-18-26(22,2)24-15-9-10-16-28-24/h3-16,19,29H,1,17-18,27H2,2H3. The third-order valence-electron chi connectivity index (χ3n) is 5.85. The van der Waals surface area contributed by atoms with Crippen LogP contribution < -0.4 is 15.8 Å². The van der Waals surface area contributed by atoms with Gasteiger partial charge in [0.05, 0.1) is 16.9 Å². The Kier molecular flexibility index (Phi) is 5.57. The van der Waals surface area contributed by atoms with E-state index in [0.717, 1.165) is 47.1 Å². The number of nitrogens with one attached hydrogen (secondary N) is 1. The van der Waals surface area contributed by atoms with E-state index in [1.54, 1.807) is 0 Å². The molecule has 1 aliphatic heterocycles. The Balaban J connectivity index is 1.66. The minimum atomic E-state index is -0.262. The van der Waals surface area contributed by atoms with Gasteiger partial charge >= 0.3 is 0 Å². The molecule has 0 fully saturated rings. The van der Waals surface area contributed by atoms with Crippen molar-refractivity contribution in [2.75, 3.05) is 6.54 Å². The summed E-state index contributed by atoms with van der Waals surface area (Å²) >= 11 is 0. The fraction of sp³-hybridized carbons (Fsp3) is 0.192. The summed E-state index contributed by atoms with van der Waals surface area (Å²) in [7, 11) is 0.